The summed E-state index contributed by atoms with van der Waals surface area (Å²) in [6.07, 6.45) is -2.57. The van der Waals surface area contributed by atoms with Crippen LogP contribution in [0.4, 0.5) is 0 Å². The summed E-state index contributed by atoms with van der Waals surface area (Å²) in [6, 6.07) is 0. The van der Waals surface area contributed by atoms with Gasteiger partial charge in [0, 0.05) is 31.5 Å². The summed E-state index contributed by atoms with van der Waals surface area (Å²) in [5, 5.41) is 79.6. The number of carboxylic acid groups (broad SMARTS) is 1. The van der Waals surface area contributed by atoms with Crippen molar-refractivity contribution in [3.8, 4) is 0 Å². The van der Waals surface area contributed by atoms with Gasteiger partial charge in [0.05, 0.1) is 80.2 Å². The van der Waals surface area contributed by atoms with Gasteiger partial charge in [0.15, 0.2) is 0 Å². The second-order valence-corrected chi connectivity index (χ2v) is 10.0. The van der Waals surface area contributed by atoms with Crippen LogP contribution in [0.15, 0.2) is 0 Å². The number of carboxylic acids is 1. The van der Waals surface area contributed by atoms with E-state index in [2.05, 4.69) is 4.74 Å². The van der Waals surface area contributed by atoms with E-state index in [1.54, 1.807) is 0 Å². The zero-order valence-corrected chi connectivity index (χ0v) is 29.7. The van der Waals surface area contributed by atoms with E-state index < -0.39 is 29.7 Å². The summed E-state index contributed by atoms with van der Waals surface area (Å²) < 4.78 is 4.65. The van der Waals surface area contributed by atoms with Crippen molar-refractivity contribution >= 4 is 105 Å². The molecule has 0 radical (unpaired) electrons. The third kappa shape index (κ3) is 85.9. The quantitative estimate of drug-likeness (QED) is 0.0909. The first-order valence-electron chi connectivity index (χ1n) is 11.7. The number of aliphatic carboxylic acids is 1. The first-order chi connectivity index (χ1) is 20.0. The average Bonchev–Trinajstić information content (AvgIpc) is 3.02. The standard InChI is InChI=1S/C5H8Cl2O2.2C3H6Cl2O.2C3H7ClO2.C3H8O3.C2H4O2/c1-4(8)9-5(2-6)3-7;4-1-3(5)2-6;4-1-3(6)2-5;4-3(1-5)2-6;2*4-1-3(6)2-5;1-2(3)4/h5H,2-3H2,1H3;2*3,6H,1-2H2;2*3,5-6H,1-2H2;3-6H,1-2H2;1H3,(H,3,4). The minimum absolute atomic E-state index is 0.0367. The molecule has 2 unspecified atom stereocenters. The van der Waals surface area contributed by atoms with Gasteiger partial charge in [0.1, 0.15) is 12.2 Å². The van der Waals surface area contributed by atoms with Crippen LogP contribution < -0.4 is 0 Å². The second-order valence-electron chi connectivity index (χ2n) is 6.93. The van der Waals surface area contributed by atoms with E-state index in [9.17, 15) is 4.79 Å². The summed E-state index contributed by atoms with van der Waals surface area (Å²) in [7, 11) is 0. The van der Waals surface area contributed by atoms with Crippen molar-refractivity contribution in [3.05, 3.63) is 0 Å². The Morgan fingerprint density at radius 1 is 0.535 bits per heavy atom. The van der Waals surface area contributed by atoms with Crippen LogP contribution in [0.5, 0.6) is 0 Å². The maximum Gasteiger partial charge on any atom is 0.302 e. The molecule has 0 heterocycles. The molecule has 0 saturated carbocycles. The number of alkyl halides is 8. The van der Waals surface area contributed by atoms with E-state index >= 15 is 0 Å². The Bertz CT molecular complexity index is 436. The zero-order valence-electron chi connectivity index (χ0n) is 23.7. The van der Waals surface area contributed by atoms with Gasteiger partial charge in [-0.05, 0) is 0 Å². The highest BCUT2D eigenvalue weighted by molar-refractivity contribution is 6.28. The minimum Gasteiger partial charge on any atom is -0.481 e. The van der Waals surface area contributed by atoms with Crippen LogP contribution >= 0.6 is 92.8 Å². The molecule has 43 heavy (non-hydrogen) atoms. The number of aliphatic hydroxyl groups excluding tert-OH is 9. The summed E-state index contributed by atoms with van der Waals surface area (Å²) in [6.45, 7) is 1.09. The molecule has 0 spiro atoms. The first kappa shape index (κ1) is 59.3. The predicted octanol–water partition coefficient (Wildman–Crippen LogP) is 0.625. The number of esters is 1. The fourth-order valence-corrected chi connectivity index (χ4v) is 1.57. The van der Waals surface area contributed by atoms with E-state index in [1.807, 2.05) is 0 Å². The van der Waals surface area contributed by atoms with Crippen molar-refractivity contribution in [2.75, 3.05) is 74.9 Å². The monoisotopic (exact) mass is 798 g/mol. The molecule has 0 aromatic heterocycles. The maximum absolute atomic E-state index is 10.2. The van der Waals surface area contributed by atoms with Crippen LogP contribution in [0.25, 0.3) is 0 Å². The lowest BCUT2D eigenvalue weighted by atomic mass is 10.4. The molecule has 0 aliphatic heterocycles. The van der Waals surface area contributed by atoms with E-state index in [0.717, 1.165) is 6.92 Å². The normalized spacial score (nSPS) is 10.9. The van der Waals surface area contributed by atoms with Gasteiger partial charge in [-0.25, -0.2) is 0 Å². The van der Waals surface area contributed by atoms with Crippen molar-refractivity contribution in [2.24, 2.45) is 0 Å². The highest BCUT2D eigenvalue weighted by atomic mass is 35.5. The van der Waals surface area contributed by atoms with Gasteiger partial charge in [-0.3, -0.25) is 9.59 Å². The van der Waals surface area contributed by atoms with Crippen molar-refractivity contribution < 1.29 is 65.4 Å². The van der Waals surface area contributed by atoms with Crippen molar-refractivity contribution in [1.82, 2.24) is 0 Å². The SMILES string of the molecule is CC(=O)O.CC(=O)OC(CCl)CCl.OC(CCl)CCl.OCC(Cl)CCl.OCC(Cl)CO.OCC(O)CCl.OCC(O)CO. The van der Waals surface area contributed by atoms with Gasteiger partial charge in [-0.2, -0.15) is 0 Å². The summed E-state index contributed by atoms with van der Waals surface area (Å²) in [5.74, 6) is 0.203. The van der Waals surface area contributed by atoms with Crippen LogP contribution in [0.3, 0.4) is 0 Å². The molecule has 0 amide bonds. The third-order valence-electron chi connectivity index (χ3n) is 2.61. The van der Waals surface area contributed by atoms with E-state index in [-0.39, 0.29) is 86.5 Å². The molecular weight excluding hydrogens is 756 g/mol. The molecule has 13 nitrogen and oxygen atoms in total. The predicted molar refractivity (Wildman–Crippen MR) is 173 cm³/mol. The van der Waals surface area contributed by atoms with Crippen molar-refractivity contribution in [3.63, 3.8) is 0 Å². The largest absolute Gasteiger partial charge is 0.481 e. The summed E-state index contributed by atoms with van der Waals surface area (Å²) in [5.41, 5.74) is 0. The molecule has 0 fully saturated rings. The number of carbonyl (C=O) groups excluding carboxylic acids is 1. The molecule has 0 aliphatic carbocycles. The van der Waals surface area contributed by atoms with Crippen LogP contribution in [-0.2, 0) is 14.3 Å². The summed E-state index contributed by atoms with van der Waals surface area (Å²) >= 11 is 41.6. The molecule has 0 aromatic rings. The number of rotatable bonds is 13. The lowest BCUT2D eigenvalue weighted by Crippen LogP contribution is -2.19. The number of carbonyl (C=O) groups is 2. The molecule has 0 aromatic carbocycles. The van der Waals surface area contributed by atoms with Gasteiger partial charge < -0.3 is 55.8 Å². The molecule has 10 N–H and O–H groups in total. The van der Waals surface area contributed by atoms with E-state index in [4.69, 9.17) is 149 Å². The van der Waals surface area contributed by atoms with E-state index in [0.29, 0.717) is 5.88 Å². The Labute approximate surface area is 292 Å². The third-order valence-corrected chi connectivity index (χ3v) is 5.46. The van der Waals surface area contributed by atoms with Crippen LogP contribution in [0.2, 0.25) is 0 Å². The Kier molecular flexibility index (Phi) is 72.4. The fourth-order valence-electron chi connectivity index (χ4n) is 0.593. The topological polar surface area (TPSA) is 246 Å². The highest BCUT2D eigenvalue weighted by Crippen LogP contribution is 1.98. The van der Waals surface area contributed by atoms with Gasteiger partial charge in [-0.1, -0.05) is 0 Å². The second kappa shape index (κ2) is 52.4. The van der Waals surface area contributed by atoms with Crippen molar-refractivity contribution in [2.45, 2.75) is 49.0 Å². The van der Waals surface area contributed by atoms with Crippen LogP contribution in [-0.4, -0.2) is 173 Å². The lowest BCUT2D eigenvalue weighted by molar-refractivity contribution is -0.144. The molecule has 21 heteroatoms. The average molecular weight is 802 g/mol. The number of ether oxygens (including phenoxy) is 1. The molecule has 0 aliphatic rings. The Morgan fingerprint density at radius 2 is 0.837 bits per heavy atom. The highest BCUT2D eigenvalue weighted by Gasteiger charge is 2.07. The van der Waals surface area contributed by atoms with Gasteiger partial charge in [0.25, 0.3) is 5.97 Å². The van der Waals surface area contributed by atoms with Crippen molar-refractivity contribution in [1.29, 1.82) is 0 Å². The maximum atomic E-state index is 10.2. The number of hydrogen-bond donors (Lipinski definition) is 10. The molecule has 268 valence electrons. The minimum atomic E-state index is -0.954. The van der Waals surface area contributed by atoms with E-state index in [1.165, 1.54) is 6.92 Å². The number of aliphatic hydroxyl groups is 9. The Hall–Kier alpha value is 0.900. The van der Waals surface area contributed by atoms with Gasteiger partial charge >= 0.3 is 5.97 Å². The molecule has 0 rings (SSSR count). The Morgan fingerprint density at radius 3 is 0.860 bits per heavy atom. The van der Waals surface area contributed by atoms with Crippen LogP contribution in [0.1, 0.15) is 13.8 Å². The first-order valence-corrected chi connectivity index (χ1v) is 15.8. The smallest absolute Gasteiger partial charge is 0.302 e. The van der Waals surface area contributed by atoms with Gasteiger partial charge in [0.2, 0.25) is 0 Å². The van der Waals surface area contributed by atoms with Crippen LogP contribution in [0, 0.1) is 0 Å². The lowest BCUT2D eigenvalue weighted by Gasteiger charge is -2.08. The number of hydrogen-bond acceptors (Lipinski definition) is 12. The molecule has 0 bridgehead atoms. The fraction of sp³-hybridized carbons (Fsp3) is 0.909. The molecule has 0 saturated heterocycles. The summed E-state index contributed by atoms with van der Waals surface area (Å²) in [4.78, 5) is 19.2. The number of halogens is 8. The molecule has 2 atom stereocenters. The van der Waals surface area contributed by atoms with Gasteiger partial charge in [-0.15, -0.1) is 92.8 Å². The zero-order chi connectivity index (χ0) is 35.8. The Balaban J connectivity index is -0.0000000711. The molecular formula is C22H46Cl8O13.